The molecule has 2 aliphatic rings. The van der Waals surface area contributed by atoms with Crippen LogP contribution in [-0.2, 0) is 24.2 Å². The number of allylic oxidation sites excluding steroid dienone is 8. The molecule has 18 heavy (non-hydrogen) atoms. The maximum Gasteiger partial charge on any atom is -0.147 e. The first-order valence-corrected chi connectivity index (χ1v) is 7.06. The Labute approximate surface area is 138 Å². The molecule has 0 aromatic heterocycles. The number of hydrogen-bond acceptors (Lipinski definition) is 0. The number of halogens is 2. The van der Waals surface area contributed by atoms with Gasteiger partial charge in [0.25, 0.3) is 0 Å². The first kappa shape index (κ1) is 20.6. The minimum atomic E-state index is 0. The fourth-order valence-corrected chi connectivity index (χ4v) is 1.78. The van der Waals surface area contributed by atoms with Gasteiger partial charge in [0.2, 0.25) is 0 Å². The predicted octanol–water partition coefficient (Wildman–Crippen LogP) is 4.93. The molecular weight excluding hydrogens is 342 g/mol. The molecule has 100 valence electrons. The van der Waals surface area contributed by atoms with Crippen molar-refractivity contribution in [2.75, 3.05) is 0 Å². The first-order valence-electron chi connectivity index (χ1n) is 5.83. The van der Waals surface area contributed by atoms with Crippen molar-refractivity contribution in [1.29, 1.82) is 0 Å². The van der Waals surface area contributed by atoms with Crippen LogP contribution >= 0.6 is 24.8 Å². The number of rotatable bonds is 2. The molecule has 0 saturated carbocycles. The zero-order valence-corrected chi connectivity index (χ0v) is 15.3. The molecule has 0 amide bonds. The quantitative estimate of drug-likeness (QED) is 0.610. The van der Waals surface area contributed by atoms with Crippen LogP contribution in [0.5, 0.6) is 0 Å². The van der Waals surface area contributed by atoms with Gasteiger partial charge in [-0.25, -0.2) is 5.57 Å². The standard InChI is InChI=1S/C12H13.C3H6.2ClH.Zr/c1-2-10-8-5-9-12(10)11-6-3-4-7-11;1-3-2;;;/h3-4,6,9H,2,5,7H2,1H3;1-2H3;2*1H;/q-1;;;;. The molecule has 0 saturated heterocycles. The van der Waals surface area contributed by atoms with Gasteiger partial charge in [0.15, 0.2) is 0 Å². The van der Waals surface area contributed by atoms with Crippen LogP contribution < -0.4 is 0 Å². The van der Waals surface area contributed by atoms with Gasteiger partial charge in [-0.15, -0.1) is 36.8 Å². The largest absolute Gasteiger partial charge is 0.147 e. The second-order valence-electron chi connectivity index (χ2n) is 4.15. The van der Waals surface area contributed by atoms with Gasteiger partial charge in [-0.05, 0) is 6.42 Å². The summed E-state index contributed by atoms with van der Waals surface area (Å²) in [5.74, 6) is 0. The second-order valence-corrected chi connectivity index (χ2v) is 6.61. The molecule has 0 N–H and O–H groups in total. The minimum Gasteiger partial charge on any atom is -0.147 e. The van der Waals surface area contributed by atoms with Gasteiger partial charge in [0, 0.05) is 0 Å². The summed E-state index contributed by atoms with van der Waals surface area (Å²) < 4.78 is 1.51. The van der Waals surface area contributed by atoms with E-state index < -0.39 is 0 Å². The van der Waals surface area contributed by atoms with Crippen molar-refractivity contribution in [3.63, 3.8) is 0 Å². The molecule has 0 atom stereocenters. The van der Waals surface area contributed by atoms with E-state index in [4.69, 9.17) is 0 Å². The van der Waals surface area contributed by atoms with Crippen molar-refractivity contribution >= 4 is 28.0 Å². The maximum atomic E-state index is 3.39. The molecule has 0 unspecified atom stereocenters. The summed E-state index contributed by atoms with van der Waals surface area (Å²) >= 11 is 1.55. The second kappa shape index (κ2) is 11.1. The van der Waals surface area contributed by atoms with E-state index in [0.717, 1.165) is 19.3 Å². The average Bonchev–Trinajstić information content (AvgIpc) is 2.87. The molecule has 0 bridgehead atoms. The zero-order chi connectivity index (χ0) is 12.0. The molecule has 2 rings (SSSR count). The molecule has 0 aromatic rings. The summed E-state index contributed by atoms with van der Waals surface area (Å²) in [5.41, 5.74) is 4.32. The maximum absolute atomic E-state index is 3.39. The zero-order valence-electron chi connectivity index (χ0n) is 11.2. The minimum absolute atomic E-state index is 0. The first-order chi connectivity index (χ1) is 7.65. The van der Waals surface area contributed by atoms with Crippen LogP contribution in [0.2, 0.25) is 0 Å². The molecule has 0 fully saturated rings. The fourth-order valence-electron chi connectivity index (χ4n) is 1.78. The Bertz CT molecular complexity index is 383. The topological polar surface area (TPSA) is 0 Å². The molecule has 0 heterocycles. The van der Waals surface area contributed by atoms with E-state index in [1.54, 1.807) is 24.2 Å². The molecule has 0 nitrogen and oxygen atoms in total. The van der Waals surface area contributed by atoms with Crippen LogP contribution in [0.4, 0.5) is 0 Å². The molecule has 0 aliphatic heterocycles. The molecular formula is C15H21Cl2Zr-. The summed E-state index contributed by atoms with van der Waals surface area (Å²) in [5, 5.41) is 0. The Morgan fingerprint density at radius 1 is 1.33 bits per heavy atom. The summed E-state index contributed by atoms with van der Waals surface area (Å²) in [4.78, 5) is 0. The van der Waals surface area contributed by atoms with Crippen molar-refractivity contribution in [2.45, 2.75) is 40.0 Å². The Morgan fingerprint density at radius 3 is 2.39 bits per heavy atom. The van der Waals surface area contributed by atoms with Gasteiger partial charge >= 0.3 is 41.3 Å². The van der Waals surface area contributed by atoms with Crippen molar-refractivity contribution < 1.29 is 24.2 Å². The van der Waals surface area contributed by atoms with Crippen LogP contribution in [0.15, 0.2) is 41.0 Å². The molecule has 0 aromatic carbocycles. The van der Waals surface area contributed by atoms with E-state index in [2.05, 4.69) is 51.2 Å². The Hall–Kier alpha value is 0.293. The fraction of sp³-hybridized carbons (Fsp3) is 0.400. The van der Waals surface area contributed by atoms with Gasteiger partial charge in [-0.2, -0.15) is 11.6 Å². The smallest absolute Gasteiger partial charge is 0.147 e. The van der Waals surface area contributed by atoms with Crippen LogP contribution in [-0.4, -0.2) is 3.21 Å². The monoisotopic (exact) mass is 361 g/mol. The van der Waals surface area contributed by atoms with E-state index in [9.17, 15) is 0 Å². The summed E-state index contributed by atoms with van der Waals surface area (Å²) in [6.07, 6.45) is 15.5. The SMILES string of the molecule is CCC1=[C-]CC=C1C1=CC=CC1.C[C](C)=[Zr].Cl.Cl. The van der Waals surface area contributed by atoms with E-state index in [1.165, 1.54) is 19.9 Å². The third-order valence-electron chi connectivity index (χ3n) is 2.42. The third-order valence-corrected chi connectivity index (χ3v) is 2.42. The van der Waals surface area contributed by atoms with Crippen molar-refractivity contribution in [3.05, 3.63) is 47.1 Å². The average molecular weight is 363 g/mol. The molecule has 2 aliphatic carbocycles. The van der Waals surface area contributed by atoms with Crippen LogP contribution in [0.25, 0.3) is 0 Å². The normalized spacial score (nSPS) is 15.3. The molecule has 3 heteroatoms. The van der Waals surface area contributed by atoms with E-state index >= 15 is 0 Å². The van der Waals surface area contributed by atoms with E-state index in [0.29, 0.717) is 0 Å². The van der Waals surface area contributed by atoms with Gasteiger partial charge in [0.05, 0.1) is 0 Å². The van der Waals surface area contributed by atoms with Crippen LogP contribution in [0.1, 0.15) is 40.0 Å². The van der Waals surface area contributed by atoms with Crippen LogP contribution in [0, 0.1) is 6.08 Å². The molecule has 0 radical (unpaired) electrons. The predicted molar refractivity (Wildman–Crippen MR) is 82.4 cm³/mol. The third kappa shape index (κ3) is 7.02. The molecule has 0 spiro atoms. The van der Waals surface area contributed by atoms with Crippen LogP contribution in [0.3, 0.4) is 0 Å². The van der Waals surface area contributed by atoms with Crippen molar-refractivity contribution in [3.8, 4) is 0 Å². The van der Waals surface area contributed by atoms with Gasteiger partial charge in [-0.1, -0.05) is 31.6 Å². The summed E-state index contributed by atoms with van der Waals surface area (Å²) in [6.45, 7) is 6.45. The van der Waals surface area contributed by atoms with Crippen molar-refractivity contribution in [2.24, 2.45) is 0 Å². The van der Waals surface area contributed by atoms with Crippen molar-refractivity contribution in [1.82, 2.24) is 0 Å². The summed E-state index contributed by atoms with van der Waals surface area (Å²) in [7, 11) is 0. The number of hydrogen-bond donors (Lipinski definition) is 0. The van der Waals surface area contributed by atoms with Gasteiger partial charge in [0.1, 0.15) is 0 Å². The van der Waals surface area contributed by atoms with E-state index in [-0.39, 0.29) is 24.8 Å². The summed E-state index contributed by atoms with van der Waals surface area (Å²) in [6, 6.07) is 0. The Balaban J connectivity index is 0. The Kier molecular flexibility index (Phi) is 12.8. The van der Waals surface area contributed by atoms with Gasteiger partial charge in [-0.3, -0.25) is 6.08 Å². The Morgan fingerprint density at radius 2 is 1.94 bits per heavy atom. The van der Waals surface area contributed by atoms with Gasteiger partial charge < -0.3 is 0 Å². The van der Waals surface area contributed by atoms with E-state index in [1.807, 2.05) is 0 Å².